The van der Waals surface area contributed by atoms with Crippen molar-refractivity contribution in [2.24, 2.45) is 0 Å². The predicted octanol–water partition coefficient (Wildman–Crippen LogP) is 2.61. The topological polar surface area (TPSA) is 74.8 Å². The van der Waals surface area contributed by atoms with Crippen molar-refractivity contribution in [3.63, 3.8) is 0 Å². The molecule has 4 heterocycles. The third-order valence-electron chi connectivity index (χ3n) is 4.74. The first-order valence-electron chi connectivity index (χ1n) is 8.91. The Morgan fingerprint density at radius 3 is 2.77 bits per heavy atom. The van der Waals surface area contributed by atoms with E-state index in [-0.39, 0.29) is 11.5 Å². The molecule has 1 aliphatic heterocycles. The Balaban J connectivity index is 1.55. The van der Waals surface area contributed by atoms with Gasteiger partial charge in [-0.1, -0.05) is 6.07 Å². The molecule has 0 radical (unpaired) electrons. The maximum Gasteiger partial charge on any atom is 0.251 e. The summed E-state index contributed by atoms with van der Waals surface area (Å²) in [5, 5.41) is 0. The van der Waals surface area contributed by atoms with Gasteiger partial charge in [0.25, 0.3) is 5.56 Å². The number of aromatic nitrogens is 4. The molecule has 0 spiro atoms. The summed E-state index contributed by atoms with van der Waals surface area (Å²) in [7, 11) is 0. The highest BCUT2D eigenvalue weighted by molar-refractivity contribution is 5.56. The molecule has 0 unspecified atom stereocenters. The van der Waals surface area contributed by atoms with E-state index >= 15 is 0 Å². The summed E-state index contributed by atoms with van der Waals surface area (Å²) >= 11 is 0. The molecule has 1 aliphatic rings. The van der Waals surface area contributed by atoms with Gasteiger partial charge in [0.15, 0.2) is 0 Å². The van der Waals surface area contributed by atoms with Crippen LogP contribution >= 0.6 is 0 Å². The van der Waals surface area contributed by atoms with Gasteiger partial charge in [0.05, 0.1) is 5.69 Å². The van der Waals surface area contributed by atoms with Crippen molar-refractivity contribution in [1.82, 2.24) is 24.8 Å². The third-order valence-corrected chi connectivity index (χ3v) is 4.74. The lowest BCUT2D eigenvalue weighted by molar-refractivity contribution is 0.196. The lowest BCUT2D eigenvalue weighted by Crippen LogP contribution is -2.35. The number of rotatable bonds is 4. The van der Waals surface area contributed by atoms with E-state index in [2.05, 4.69) is 25.9 Å². The summed E-state index contributed by atoms with van der Waals surface area (Å²) in [4.78, 5) is 30.6. The SMILES string of the molecule is O=c1cc(-c2cccnc2)nc([C@@H]2CCCN(Cc3cccnc3)C2)[nH]1. The van der Waals surface area contributed by atoms with Crippen molar-refractivity contribution in [3.8, 4) is 11.3 Å². The largest absolute Gasteiger partial charge is 0.310 e. The number of H-pyrrole nitrogens is 1. The minimum atomic E-state index is -0.113. The Hall–Kier alpha value is -2.86. The zero-order valence-electron chi connectivity index (χ0n) is 14.5. The Morgan fingerprint density at radius 1 is 1.15 bits per heavy atom. The predicted molar refractivity (Wildman–Crippen MR) is 99.6 cm³/mol. The van der Waals surface area contributed by atoms with Gasteiger partial charge in [-0.2, -0.15) is 0 Å². The molecule has 1 saturated heterocycles. The second-order valence-corrected chi connectivity index (χ2v) is 6.69. The summed E-state index contributed by atoms with van der Waals surface area (Å²) in [5.74, 6) is 0.997. The number of nitrogens with zero attached hydrogens (tertiary/aromatic N) is 4. The number of hydrogen-bond donors (Lipinski definition) is 1. The molecule has 1 atom stereocenters. The minimum absolute atomic E-state index is 0.113. The fourth-order valence-electron chi connectivity index (χ4n) is 3.50. The average Bonchev–Trinajstić information content (AvgIpc) is 2.69. The van der Waals surface area contributed by atoms with Crippen molar-refractivity contribution >= 4 is 0 Å². The van der Waals surface area contributed by atoms with Crippen LogP contribution in [-0.4, -0.2) is 37.9 Å². The zero-order chi connectivity index (χ0) is 17.8. The molecule has 6 heteroatoms. The van der Waals surface area contributed by atoms with E-state index in [9.17, 15) is 4.79 Å². The van der Waals surface area contributed by atoms with E-state index < -0.39 is 0 Å². The lowest BCUT2D eigenvalue weighted by Gasteiger charge is -2.32. The van der Waals surface area contributed by atoms with Crippen molar-refractivity contribution < 1.29 is 0 Å². The lowest BCUT2D eigenvalue weighted by atomic mass is 9.96. The van der Waals surface area contributed by atoms with Crippen LogP contribution in [0.15, 0.2) is 59.9 Å². The maximum atomic E-state index is 12.2. The fourth-order valence-corrected chi connectivity index (χ4v) is 3.50. The van der Waals surface area contributed by atoms with Crippen LogP contribution in [0, 0.1) is 0 Å². The molecular weight excluding hydrogens is 326 g/mol. The maximum absolute atomic E-state index is 12.2. The van der Waals surface area contributed by atoms with Crippen LogP contribution in [0.2, 0.25) is 0 Å². The molecule has 6 nitrogen and oxygen atoms in total. The minimum Gasteiger partial charge on any atom is -0.310 e. The Labute approximate surface area is 152 Å². The number of hydrogen-bond acceptors (Lipinski definition) is 5. The normalized spacial score (nSPS) is 17.9. The van der Waals surface area contributed by atoms with Crippen molar-refractivity contribution in [2.75, 3.05) is 13.1 Å². The summed E-state index contributed by atoms with van der Waals surface area (Å²) in [6.45, 7) is 2.81. The highest BCUT2D eigenvalue weighted by Crippen LogP contribution is 2.26. The highest BCUT2D eigenvalue weighted by atomic mass is 16.1. The molecule has 1 fully saturated rings. The van der Waals surface area contributed by atoms with Gasteiger partial charge in [-0.05, 0) is 43.1 Å². The first-order chi connectivity index (χ1) is 12.8. The molecule has 0 amide bonds. The van der Waals surface area contributed by atoms with Crippen LogP contribution in [0.25, 0.3) is 11.3 Å². The Kier molecular flexibility index (Phi) is 4.84. The van der Waals surface area contributed by atoms with Crippen LogP contribution in [0.4, 0.5) is 0 Å². The molecule has 132 valence electrons. The summed E-state index contributed by atoms with van der Waals surface area (Å²) in [5.41, 5.74) is 2.64. The molecule has 0 saturated carbocycles. The summed E-state index contributed by atoms with van der Waals surface area (Å²) in [6.07, 6.45) is 9.28. The van der Waals surface area contributed by atoms with Crippen LogP contribution in [0.3, 0.4) is 0 Å². The van der Waals surface area contributed by atoms with Gasteiger partial charge in [0.2, 0.25) is 0 Å². The smallest absolute Gasteiger partial charge is 0.251 e. The van der Waals surface area contributed by atoms with E-state index in [1.54, 1.807) is 18.6 Å². The van der Waals surface area contributed by atoms with Crippen molar-refractivity contribution in [3.05, 3.63) is 76.9 Å². The molecule has 0 aliphatic carbocycles. The van der Waals surface area contributed by atoms with Crippen LogP contribution in [0.1, 0.15) is 30.1 Å². The first-order valence-corrected chi connectivity index (χ1v) is 8.91. The second-order valence-electron chi connectivity index (χ2n) is 6.69. The number of aromatic amines is 1. The monoisotopic (exact) mass is 347 g/mol. The number of piperidine rings is 1. The van der Waals surface area contributed by atoms with Gasteiger partial charge in [0.1, 0.15) is 5.82 Å². The van der Waals surface area contributed by atoms with E-state index in [0.29, 0.717) is 5.69 Å². The molecule has 4 rings (SSSR count). The molecule has 26 heavy (non-hydrogen) atoms. The van der Waals surface area contributed by atoms with E-state index in [1.807, 2.05) is 24.4 Å². The van der Waals surface area contributed by atoms with Gasteiger partial charge >= 0.3 is 0 Å². The number of nitrogens with one attached hydrogen (secondary N) is 1. The second kappa shape index (κ2) is 7.58. The van der Waals surface area contributed by atoms with Gasteiger partial charge in [-0.15, -0.1) is 0 Å². The van der Waals surface area contributed by atoms with Gasteiger partial charge < -0.3 is 4.98 Å². The standard InChI is InChI=1S/C20H21N5O/c26-19-10-18(16-5-2-8-22-12-16)23-20(24-19)17-6-3-9-25(14-17)13-15-4-1-7-21-11-15/h1-2,4-5,7-8,10-12,17H,3,6,9,13-14H2,(H,23,24,26)/t17-/m1/s1. The molecule has 3 aromatic heterocycles. The number of likely N-dealkylation sites (tertiary alicyclic amines) is 1. The first kappa shape index (κ1) is 16.6. The molecule has 3 aromatic rings. The Morgan fingerprint density at radius 2 is 2.00 bits per heavy atom. The van der Waals surface area contributed by atoms with E-state index in [0.717, 1.165) is 43.9 Å². The van der Waals surface area contributed by atoms with E-state index in [4.69, 9.17) is 4.98 Å². The quantitative estimate of drug-likeness (QED) is 0.785. The molecule has 0 aromatic carbocycles. The molecule has 0 bridgehead atoms. The zero-order valence-corrected chi connectivity index (χ0v) is 14.5. The van der Waals surface area contributed by atoms with Crippen LogP contribution < -0.4 is 5.56 Å². The summed E-state index contributed by atoms with van der Waals surface area (Å²) < 4.78 is 0. The van der Waals surface area contributed by atoms with Gasteiger partial charge in [-0.3, -0.25) is 19.7 Å². The van der Waals surface area contributed by atoms with Crippen LogP contribution in [0.5, 0.6) is 0 Å². The van der Waals surface area contributed by atoms with Crippen molar-refractivity contribution in [2.45, 2.75) is 25.3 Å². The van der Waals surface area contributed by atoms with Crippen molar-refractivity contribution in [1.29, 1.82) is 0 Å². The Bertz CT molecular complexity index is 910. The fraction of sp³-hybridized carbons (Fsp3) is 0.300. The summed E-state index contributed by atoms with van der Waals surface area (Å²) in [6, 6.07) is 9.38. The number of pyridine rings is 2. The van der Waals surface area contributed by atoms with E-state index in [1.165, 1.54) is 11.6 Å². The van der Waals surface area contributed by atoms with Gasteiger partial charge in [0, 0.05) is 55.4 Å². The van der Waals surface area contributed by atoms with Crippen LogP contribution in [-0.2, 0) is 6.54 Å². The highest BCUT2D eigenvalue weighted by Gasteiger charge is 2.23. The average molecular weight is 347 g/mol. The molecule has 1 N–H and O–H groups in total. The molecular formula is C20H21N5O. The van der Waals surface area contributed by atoms with Gasteiger partial charge in [-0.25, -0.2) is 4.98 Å². The third kappa shape index (κ3) is 3.86.